The molecule has 1 aromatic rings. The SMILES string of the molecule is C=C1[C@H](CCc2cccc(Cl)c2)C(C(=O)O)N1C(=O)N[C@@H](C1CCCCCCC1)C(F)(F)F. The Balaban J connectivity index is 1.69. The second kappa shape index (κ2) is 10.8. The second-order valence-electron chi connectivity index (χ2n) is 8.99. The van der Waals surface area contributed by atoms with Gasteiger partial charge in [0.2, 0.25) is 0 Å². The molecule has 3 atom stereocenters. The molecule has 2 N–H and O–H groups in total. The molecule has 2 aliphatic rings. The number of carbonyl (C=O) groups excluding carboxylic acids is 1. The van der Waals surface area contributed by atoms with Crippen LogP contribution in [0.3, 0.4) is 0 Å². The molecule has 1 unspecified atom stereocenters. The van der Waals surface area contributed by atoms with Gasteiger partial charge in [-0.1, -0.05) is 62.4 Å². The summed E-state index contributed by atoms with van der Waals surface area (Å²) in [4.78, 5) is 25.6. The third-order valence-electron chi connectivity index (χ3n) is 6.75. The van der Waals surface area contributed by atoms with Gasteiger partial charge in [-0.2, -0.15) is 13.2 Å². The number of nitrogens with zero attached hydrogens (tertiary/aromatic N) is 1. The van der Waals surface area contributed by atoms with Gasteiger partial charge in [0, 0.05) is 16.6 Å². The maximum Gasteiger partial charge on any atom is 0.408 e. The molecule has 1 aliphatic heterocycles. The average Bonchev–Trinajstić information content (AvgIpc) is 2.69. The minimum absolute atomic E-state index is 0.223. The number of halogens is 4. The second-order valence-corrected chi connectivity index (χ2v) is 9.43. The van der Waals surface area contributed by atoms with Gasteiger partial charge in [-0.3, -0.25) is 4.90 Å². The Kier molecular flexibility index (Phi) is 8.32. The smallest absolute Gasteiger partial charge is 0.408 e. The minimum Gasteiger partial charge on any atom is -0.480 e. The average molecular weight is 487 g/mol. The number of rotatable bonds is 6. The zero-order valence-corrected chi connectivity index (χ0v) is 19.2. The first-order valence-electron chi connectivity index (χ1n) is 11.4. The molecule has 2 amide bonds. The Morgan fingerprint density at radius 3 is 2.39 bits per heavy atom. The van der Waals surface area contributed by atoms with Crippen LogP contribution in [0.4, 0.5) is 18.0 Å². The lowest BCUT2D eigenvalue weighted by Crippen LogP contribution is -2.65. The van der Waals surface area contributed by atoms with Crippen LogP contribution in [0.25, 0.3) is 0 Å². The predicted octanol–water partition coefficient (Wildman–Crippen LogP) is 6.17. The highest BCUT2D eigenvalue weighted by molar-refractivity contribution is 6.30. The summed E-state index contributed by atoms with van der Waals surface area (Å²) in [6.07, 6.45) is 1.21. The Morgan fingerprint density at radius 2 is 1.82 bits per heavy atom. The standard InChI is InChI=1S/C24H30ClF3N2O3/c1-15-19(13-12-16-8-7-11-18(25)14-16)20(22(31)32)30(15)23(33)29-21(24(26,27)28)17-9-5-3-2-4-6-10-17/h7-8,11,14,17,19-21H,1-6,9-10,12-13H2,(H,29,33)(H,31,32)/t19-,20?,21-/m0/s1. The van der Waals surface area contributed by atoms with Crippen molar-refractivity contribution in [3.05, 3.63) is 47.1 Å². The van der Waals surface area contributed by atoms with Gasteiger partial charge in [0.1, 0.15) is 12.1 Å². The van der Waals surface area contributed by atoms with E-state index >= 15 is 0 Å². The Morgan fingerprint density at radius 1 is 1.18 bits per heavy atom. The fraction of sp³-hybridized carbons (Fsp3) is 0.583. The van der Waals surface area contributed by atoms with Crippen LogP contribution in [0.2, 0.25) is 5.02 Å². The van der Waals surface area contributed by atoms with Crippen molar-refractivity contribution < 1.29 is 27.9 Å². The summed E-state index contributed by atoms with van der Waals surface area (Å²) < 4.78 is 41.6. The van der Waals surface area contributed by atoms with E-state index in [-0.39, 0.29) is 5.70 Å². The number of amides is 2. The van der Waals surface area contributed by atoms with Gasteiger partial charge in [-0.05, 0) is 49.3 Å². The topological polar surface area (TPSA) is 69.6 Å². The minimum atomic E-state index is -4.61. The van der Waals surface area contributed by atoms with Gasteiger partial charge in [0.05, 0.1) is 0 Å². The summed E-state index contributed by atoms with van der Waals surface area (Å²) in [7, 11) is 0. The van der Waals surface area contributed by atoms with Crippen molar-refractivity contribution in [3.63, 3.8) is 0 Å². The molecule has 3 rings (SSSR count). The molecule has 182 valence electrons. The normalized spacial score (nSPS) is 23.3. The third kappa shape index (κ3) is 6.22. The van der Waals surface area contributed by atoms with E-state index in [9.17, 15) is 27.9 Å². The summed E-state index contributed by atoms with van der Waals surface area (Å²) >= 11 is 5.98. The lowest BCUT2D eigenvalue weighted by Gasteiger charge is -2.48. The van der Waals surface area contributed by atoms with E-state index in [0.29, 0.717) is 43.5 Å². The van der Waals surface area contributed by atoms with Crippen LogP contribution in [0.15, 0.2) is 36.5 Å². The van der Waals surface area contributed by atoms with Gasteiger partial charge < -0.3 is 10.4 Å². The number of alkyl halides is 3. The molecule has 33 heavy (non-hydrogen) atoms. The summed E-state index contributed by atoms with van der Waals surface area (Å²) in [5, 5.41) is 12.4. The molecule has 1 heterocycles. The fourth-order valence-corrected chi connectivity index (χ4v) is 5.22. The molecule has 1 saturated carbocycles. The summed E-state index contributed by atoms with van der Waals surface area (Å²) in [5.41, 5.74) is 1.13. The lowest BCUT2D eigenvalue weighted by atomic mass is 9.80. The van der Waals surface area contributed by atoms with Crippen LogP contribution in [-0.4, -0.2) is 40.3 Å². The molecule has 0 aromatic heterocycles. The van der Waals surface area contributed by atoms with Crippen LogP contribution in [0.1, 0.15) is 56.9 Å². The van der Waals surface area contributed by atoms with Crippen molar-refractivity contribution in [1.29, 1.82) is 0 Å². The zero-order valence-electron chi connectivity index (χ0n) is 18.4. The number of nitrogens with one attached hydrogen (secondary N) is 1. The quantitative estimate of drug-likeness (QED) is 0.505. The van der Waals surface area contributed by atoms with E-state index in [0.717, 1.165) is 29.7 Å². The van der Waals surface area contributed by atoms with Gasteiger partial charge in [-0.15, -0.1) is 0 Å². The highest BCUT2D eigenvalue weighted by atomic mass is 35.5. The summed E-state index contributed by atoms with van der Waals surface area (Å²) in [6, 6.07) is 2.85. The number of carbonyl (C=O) groups is 2. The van der Waals surface area contributed by atoms with Crippen molar-refractivity contribution in [2.45, 2.75) is 76.0 Å². The Labute approximate surface area is 197 Å². The van der Waals surface area contributed by atoms with Crippen molar-refractivity contribution >= 4 is 23.6 Å². The van der Waals surface area contributed by atoms with Gasteiger partial charge in [-0.25, -0.2) is 9.59 Å². The number of benzene rings is 1. The highest BCUT2D eigenvalue weighted by Crippen LogP contribution is 2.40. The Bertz CT molecular complexity index is 869. The number of hydrogen-bond acceptors (Lipinski definition) is 2. The van der Waals surface area contributed by atoms with E-state index in [2.05, 4.69) is 11.9 Å². The van der Waals surface area contributed by atoms with E-state index in [1.807, 2.05) is 6.07 Å². The van der Waals surface area contributed by atoms with E-state index in [1.54, 1.807) is 18.2 Å². The van der Waals surface area contributed by atoms with E-state index < -0.39 is 42.1 Å². The van der Waals surface area contributed by atoms with Crippen LogP contribution in [0.5, 0.6) is 0 Å². The number of urea groups is 1. The molecule has 5 nitrogen and oxygen atoms in total. The maximum absolute atomic E-state index is 13.9. The molecule has 9 heteroatoms. The number of likely N-dealkylation sites (tertiary alicyclic amines) is 1. The molecule has 2 fully saturated rings. The predicted molar refractivity (Wildman–Crippen MR) is 120 cm³/mol. The van der Waals surface area contributed by atoms with Gasteiger partial charge in [0.25, 0.3) is 0 Å². The highest BCUT2D eigenvalue weighted by Gasteiger charge is 2.52. The molecular formula is C24H30ClF3N2O3. The van der Waals surface area contributed by atoms with E-state index in [4.69, 9.17) is 11.6 Å². The fourth-order valence-electron chi connectivity index (χ4n) is 5.01. The van der Waals surface area contributed by atoms with Gasteiger partial charge in [0.15, 0.2) is 0 Å². The first-order chi connectivity index (χ1) is 15.6. The molecule has 0 radical (unpaired) electrons. The van der Waals surface area contributed by atoms with Crippen LogP contribution < -0.4 is 5.32 Å². The summed E-state index contributed by atoms with van der Waals surface area (Å²) in [6.45, 7) is 3.81. The van der Waals surface area contributed by atoms with Gasteiger partial charge >= 0.3 is 18.2 Å². The maximum atomic E-state index is 13.9. The monoisotopic (exact) mass is 486 g/mol. The first-order valence-corrected chi connectivity index (χ1v) is 11.8. The number of aliphatic carboxylic acids is 1. The molecular weight excluding hydrogens is 457 g/mol. The third-order valence-corrected chi connectivity index (χ3v) is 6.99. The van der Waals surface area contributed by atoms with Crippen molar-refractivity contribution in [1.82, 2.24) is 10.2 Å². The molecule has 1 aliphatic carbocycles. The zero-order chi connectivity index (χ0) is 24.2. The number of aryl methyl sites for hydroxylation is 1. The largest absolute Gasteiger partial charge is 0.480 e. The molecule has 0 bridgehead atoms. The van der Waals surface area contributed by atoms with Crippen LogP contribution in [-0.2, 0) is 11.2 Å². The Hall–Kier alpha value is -2.22. The van der Waals surface area contributed by atoms with Crippen molar-refractivity contribution in [2.75, 3.05) is 0 Å². The molecule has 1 saturated heterocycles. The molecule has 1 aromatic carbocycles. The van der Waals surface area contributed by atoms with E-state index in [1.165, 1.54) is 0 Å². The lowest BCUT2D eigenvalue weighted by molar-refractivity contribution is -0.167. The van der Waals surface area contributed by atoms with Crippen LogP contribution >= 0.6 is 11.6 Å². The van der Waals surface area contributed by atoms with Crippen LogP contribution in [0, 0.1) is 11.8 Å². The first kappa shape index (κ1) is 25.4. The number of carboxylic acid groups (broad SMARTS) is 1. The number of carboxylic acids is 1. The van der Waals surface area contributed by atoms with Crippen molar-refractivity contribution in [2.24, 2.45) is 11.8 Å². The summed E-state index contributed by atoms with van der Waals surface area (Å²) in [5.74, 6) is -2.52. The molecule has 0 spiro atoms. The number of hydrogen-bond donors (Lipinski definition) is 2. The van der Waals surface area contributed by atoms with Crippen molar-refractivity contribution in [3.8, 4) is 0 Å².